The summed E-state index contributed by atoms with van der Waals surface area (Å²) in [6.45, 7) is 3.53. The largest absolute Gasteiger partial charge is 0.394 e. The molecule has 1 unspecified atom stereocenters. The molecule has 1 atom stereocenters. The first kappa shape index (κ1) is 12.9. The molecule has 1 aliphatic heterocycles. The van der Waals surface area contributed by atoms with Crippen molar-refractivity contribution >= 4 is 11.8 Å². The molecule has 1 saturated heterocycles. The molecule has 1 aliphatic rings. The first-order chi connectivity index (χ1) is 8.31. The molecule has 1 heterocycles. The number of rotatable bonds is 4. The zero-order chi connectivity index (χ0) is 12.1. The first-order valence-corrected chi connectivity index (χ1v) is 7.12. The van der Waals surface area contributed by atoms with E-state index in [1.807, 2.05) is 0 Å². The van der Waals surface area contributed by atoms with Gasteiger partial charge in [-0.3, -0.25) is 4.90 Å². The van der Waals surface area contributed by atoms with Gasteiger partial charge in [0.2, 0.25) is 0 Å². The fraction of sp³-hybridized carbons (Fsp3) is 0.538. The van der Waals surface area contributed by atoms with Crippen LogP contribution in [0.2, 0.25) is 0 Å². The highest BCUT2D eigenvalue weighted by molar-refractivity contribution is 7.98. The lowest BCUT2D eigenvalue weighted by Gasteiger charge is -2.32. The molecule has 0 aromatic heterocycles. The van der Waals surface area contributed by atoms with E-state index in [1.54, 1.807) is 11.8 Å². The van der Waals surface area contributed by atoms with Gasteiger partial charge in [0.1, 0.15) is 0 Å². The van der Waals surface area contributed by atoms with Gasteiger partial charge in [-0.05, 0) is 24.0 Å². The van der Waals surface area contributed by atoms with Crippen molar-refractivity contribution in [1.29, 1.82) is 0 Å². The van der Waals surface area contributed by atoms with Crippen LogP contribution in [0.25, 0.3) is 0 Å². The average molecular weight is 253 g/mol. The van der Waals surface area contributed by atoms with Crippen LogP contribution in [0.4, 0.5) is 0 Å². The van der Waals surface area contributed by atoms with E-state index in [0.29, 0.717) is 6.61 Å². The molecular weight excluding hydrogens is 234 g/mol. The van der Waals surface area contributed by atoms with Gasteiger partial charge in [-0.1, -0.05) is 12.1 Å². The fourth-order valence-corrected chi connectivity index (χ4v) is 2.43. The van der Waals surface area contributed by atoms with Crippen LogP contribution in [0.3, 0.4) is 0 Å². The lowest BCUT2D eigenvalue weighted by atomic mass is 10.2. The maximum absolute atomic E-state index is 9.09. The Hall–Kier alpha value is -0.550. The van der Waals surface area contributed by atoms with Crippen molar-refractivity contribution in [2.75, 3.05) is 32.6 Å². The summed E-state index contributed by atoms with van der Waals surface area (Å²) in [5.41, 5.74) is 1.32. The van der Waals surface area contributed by atoms with Crippen molar-refractivity contribution in [1.82, 2.24) is 4.90 Å². The normalized spacial score (nSPS) is 21.6. The van der Waals surface area contributed by atoms with Crippen LogP contribution in [0.5, 0.6) is 0 Å². The summed E-state index contributed by atoms with van der Waals surface area (Å²) < 4.78 is 5.44. The molecular formula is C13H19NO2S. The van der Waals surface area contributed by atoms with E-state index in [-0.39, 0.29) is 12.7 Å². The van der Waals surface area contributed by atoms with Gasteiger partial charge in [0.15, 0.2) is 0 Å². The smallest absolute Gasteiger partial charge is 0.0933 e. The molecule has 2 rings (SSSR count). The Labute approximate surface area is 107 Å². The minimum absolute atomic E-state index is 0.0192. The van der Waals surface area contributed by atoms with E-state index in [2.05, 4.69) is 35.4 Å². The Kier molecular flexibility index (Phi) is 4.86. The molecule has 1 fully saturated rings. The Morgan fingerprint density at radius 1 is 1.41 bits per heavy atom. The summed E-state index contributed by atoms with van der Waals surface area (Å²) >= 11 is 1.76. The van der Waals surface area contributed by atoms with E-state index in [0.717, 1.165) is 19.6 Å². The van der Waals surface area contributed by atoms with Crippen LogP contribution in [-0.4, -0.2) is 48.7 Å². The maximum atomic E-state index is 9.09. The lowest BCUT2D eigenvalue weighted by molar-refractivity contribution is -0.0551. The van der Waals surface area contributed by atoms with E-state index < -0.39 is 0 Å². The van der Waals surface area contributed by atoms with Crippen LogP contribution in [0, 0.1) is 0 Å². The highest BCUT2D eigenvalue weighted by Gasteiger charge is 2.19. The molecule has 0 saturated carbocycles. The SMILES string of the molecule is CSc1ccc(CN2CCOC(CO)C2)cc1. The van der Waals surface area contributed by atoms with Crippen molar-refractivity contribution in [3.63, 3.8) is 0 Å². The highest BCUT2D eigenvalue weighted by atomic mass is 32.2. The standard InChI is InChI=1S/C13H19NO2S/c1-17-13-4-2-11(3-5-13)8-14-6-7-16-12(9-14)10-15/h2-5,12,15H,6-10H2,1H3. The number of morpholine rings is 1. The molecule has 0 spiro atoms. The first-order valence-electron chi connectivity index (χ1n) is 5.89. The molecule has 0 aliphatic carbocycles. The third-order valence-corrected chi connectivity index (χ3v) is 3.74. The Bertz CT molecular complexity index is 342. The summed E-state index contributed by atoms with van der Waals surface area (Å²) in [5.74, 6) is 0. The minimum Gasteiger partial charge on any atom is -0.394 e. The second kappa shape index (κ2) is 6.40. The molecule has 4 heteroatoms. The Morgan fingerprint density at radius 2 is 2.18 bits per heavy atom. The van der Waals surface area contributed by atoms with Crippen LogP contribution in [0.1, 0.15) is 5.56 Å². The quantitative estimate of drug-likeness (QED) is 0.826. The van der Waals surface area contributed by atoms with Crippen molar-refractivity contribution < 1.29 is 9.84 Å². The molecule has 0 radical (unpaired) electrons. The second-order valence-corrected chi connectivity index (χ2v) is 5.14. The summed E-state index contributed by atoms with van der Waals surface area (Å²) in [6.07, 6.45) is 2.07. The van der Waals surface area contributed by atoms with Gasteiger partial charge >= 0.3 is 0 Å². The summed E-state index contributed by atoms with van der Waals surface area (Å²) in [5, 5.41) is 9.09. The fourth-order valence-electron chi connectivity index (χ4n) is 2.02. The highest BCUT2D eigenvalue weighted by Crippen LogP contribution is 2.16. The third kappa shape index (κ3) is 3.71. The maximum Gasteiger partial charge on any atom is 0.0933 e. The molecule has 1 aromatic carbocycles. The van der Waals surface area contributed by atoms with Crippen LogP contribution in [0.15, 0.2) is 29.2 Å². The van der Waals surface area contributed by atoms with E-state index in [4.69, 9.17) is 9.84 Å². The van der Waals surface area contributed by atoms with Gasteiger partial charge in [0.25, 0.3) is 0 Å². The topological polar surface area (TPSA) is 32.7 Å². The van der Waals surface area contributed by atoms with Gasteiger partial charge in [-0.25, -0.2) is 0 Å². The molecule has 3 nitrogen and oxygen atoms in total. The van der Waals surface area contributed by atoms with Crippen LogP contribution >= 0.6 is 11.8 Å². The van der Waals surface area contributed by atoms with Gasteiger partial charge in [0, 0.05) is 24.5 Å². The van der Waals surface area contributed by atoms with Crippen molar-refractivity contribution in [2.24, 2.45) is 0 Å². The number of hydrogen-bond donors (Lipinski definition) is 1. The molecule has 94 valence electrons. The van der Waals surface area contributed by atoms with Crippen molar-refractivity contribution in [3.05, 3.63) is 29.8 Å². The zero-order valence-electron chi connectivity index (χ0n) is 10.1. The minimum atomic E-state index is -0.0192. The average Bonchev–Trinajstić information content (AvgIpc) is 2.40. The Balaban J connectivity index is 1.90. The number of aliphatic hydroxyl groups is 1. The monoisotopic (exact) mass is 253 g/mol. The van der Waals surface area contributed by atoms with Crippen LogP contribution < -0.4 is 0 Å². The van der Waals surface area contributed by atoms with Crippen molar-refractivity contribution in [2.45, 2.75) is 17.5 Å². The predicted octanol–water partition coefficient (Wildman–Crippen LogP) is 1.60. The summed E-state index contributed by atoms with van der Waals surface area (Å²) in [6, 6.07) is 8.67. The second-order valence-electron chi connectivity index (χ2n) is 4.26. The lowest BCUT2D eigenvalue weighted by Crippen LogP contribution is -2.43. The molecule has 0 bridgehead atoms. The van der Waals surface area contributed by atoms with Gasteiger partial charge < -0.3 is 9.84 Å². The van der Waals surface area contributed by atoms with Crippen LogP contribution in [-0.2, 0) is 11.3 Å². The van der Waals surface area contributed by atoms with Gasteiger partial charge in [-0.15, -0.1) is 11.8 Å². The number of hydrogen-bond acceptors (Lipinski definition) is 4. The van der Waals surface area contributed by atoms with E-state index in [1.165, 1.54) is 10.5 Å². The molecule has 1 N–H and O–H groups in total. The summed E-state index contributed by atoms with van der Waals surface area (Å²) in [7, 11) is 0. The number of ether oxygens (including phenoxy) is 1. The predicted molar refractivity (Wildman–Crippen MR) is 70.3 cm³/mol. The van der Waals surface area contributed by atoms with E-state index >= 15 is 0 Å². The number of benzene rings is 1. The Morgan fingerprint density at radius 3 is 2.82 bits per heavy atom. The number of aliphatic hydroxyl groups excluding tert-OH is 1. The number of thioether (sulfide) groups is 1. The molecule has 1 aromatic rings. The third-order valence-electron chi connectivity index (χ3n) is 2.99. The molecule has 17 heavy (non-hydrogen) atoms. The number of nitrogens with zero attached hydrogens (tertiary/aromatic N) is 1. The van der Waals surface area contributed by atoms with Crippen molar-refractivity contribution in [3.8, 4) is 0 Å². The van der Waals surface area contributed by atoms with Gasteiger partial charge in [-0.2, -0.15) is 0 Å². The molecule has 0 amide bonds. The van der Waals surface area contributed by atoms with Gasteiger partial charge in [0.05, 0.1) is 19.3 Å². The van der Waals surface area contributed by atoms with E-state index in [9.17, 15) is 0 Å². The zero-order valence-corrected chi connectivity index (χ0v) is 10.9. The summed E-state index contributed by atoms with van der Waals surface area (Å²) in [4.78, 5) is 3.63.